The minimum Gasteiger partial charge on any atom is -0.319 e. The molecule has 1 fully saturated rings. The van der Waals surface area contributed by atoms with Gasteiger partial charge in [0.1, 0.15) is 0 Å². The number of hydrogen-bond donors (Lipinski definition) is 2. The van der Waals surface area contributed by atoms with Gasteiger partial charge in [-0.3, -0.25) is 0 Å². The third-order valence-corrected chi connectivity index (χ3v) is 2.97. The first-order valence-corrected chi connectivity index (χ1v) is 5.68. The lowest BCUT2D eigenvalue weighted by Crippen LogP contribution is -2.42. The van der Waals surface area contributed by atoms with Crippen LogP contribution in [0.2, 0.25) is 0 Å². The van der Waals surface area contributed by atoms with Crippen LogP contribution in [-0.4, -0.2) is 26.7 Å². The van der Waals surface area contributed by atoms with Gasteiger partial charge in [-0.05, 0) is 44.8 Å². The second-order valence-electron chi connectivity index (χ2n) is 3.63. The van der Waals surface area contributed by atoms with E-state index < -0.39 is 0 Å². The lowest BCUT2D eigenvalue weighted by atomic mass is 9.77. The van der Waals surface area contributed by atoms with E-state index >= 15 is 0 Å². The zero-order valence-electron chi connectivity index (χ0n) is 9.74. The average molecular weight is 186 g/mol. The van der Waals surface area contributed by atoms with Gasteiger partial charge in [0.05, 0.1) is 0 Å². The molecular weight excluding hydrogens is 160 g/mol. The molecule has 80 valence electrons. The summed E-state index contributed by atoms with van der Waals surface area (Å²) >= 11 is 0. The SMILES string of the molecule is CC.CCC1(CNC)CCNCC1. The Morgan fingerprint density at radius 1 is 1.23 bits per heavy atom. The van der Waals surface area contributed by atoms with E-state index in [-0.39, 0.29) is 0 Å². The lowest BCUT2D eigenvalue weighted by molar-refractivity contribution is 0.190. The Hall–Kier alpha value is -0.0800. The zero-order valence-corrected chi connectivity index (χ0v) is 9.74. The molecule has 0 unspecified atom stereocenters. The Balaban J connectivity index is 0.000000671. The fraction of sp³-hybridized carbons (Fsp3) is 1.00. The van der Waals surface area contributed by atoms with Crippen LogP contribution in [0, 0.1) is 5.41 Å². The summed E-state index contributed by atoms with van der Waals surface area (Å²) in [5, 5.41) is 6.71. The summed E-state index contributed by atoms with van der Waals surface area (Å²) in [5.41, 5.74) is 0.597. The topological polar surface area (TPSA) is 24.1 Å². The van der Waals surface area contributed by atoms with Crippen LogP contribution in [0.3, 0.4) is 0 Å². The van der Waals surface area contributed by atoms with E-state index in [9.17, 15) is 0 Å². The molecule has 13 heavy (non-hydrogen) atoms. The summed E-state index contributed by atoms with van der Waals surface area (Å²) in [4.78, 5) is 0. The smallest absolute Gasteiger partial charge is 0.000565 e. The highest BCUT2D eigenvalue weighted by Gasteiger charge is 2.28. The van der Waals surface area contributed by atoms with Crippen LogP contribution in [0.25, 0.3) is 0 Å². The first kappa shape index (κ1) is 12.9. The van der Waals surface area contributed by atoms with Crippen molar-refractivity contribution in [3.8, 4) is 0 Å². The second kappa shape index (κ2) is 7.34. The monoisotopic (exact) mass is 186 g/mol. The minimum absolute atomic E-state index is 0.597. The van der Waals surface area contributed by atoms with E-state index in [1.54, 1.807) is 0 Å². The molecule has 0 aromatic rings. The Morgan fingerprint density at radius 2 is 1.77 bits per heavy atom. The molecule has 0 spiro atoms. The van der Waals surface area contributed by atoms with E-state index in [0.29, 0.717) is 5.41 Å². The van der Waals surface area contributed by atoms with E-state index in [1.807, 2.05) is 13.8 Å². The Morgan fingerprint density at radius 3 is 2.15 bits per heavy atom. The highest BCUT2D eigenvalue weighted by Crippen LogP contribution is 2.31. The summed E-state index contributed by atoms with van der Waals surface area (Å²) in [5.74, 6) is 0. The predicted octanol–water partition coefficient (Wildman–Crippen LogP) is 2.01. The Kier molecular flexibility index (Phi) is 7.29. The Labute approximate surface area is 83.5 Å². The molecule has 1 aliphatic heterocycles. The van der Waals surface area contributed by atoms with Crippen molar-refractivity contribution in [3.05, 3.63) is 0 Å². The van der Waals surface area contributed by atoms with E-state index in [1.165, 1.54) is 38.9 Å². The summed E-state index contributed by atoms with van der Waals surface area (Å²) in [6.45, 7) is 9.90. The van der Waals surface area contributed by atoms with Gasteiger partial charge in [-0.15, -0.1) is 0 Å². The third kappa shape index (κ3) is 4.10. The molecule has 1 aliphatic rings. The van der Waals surface area contributed by atoms with Crippen molar-refractivity contribution >= 4 is 0 Å². The number of rotatable bonds is 3. The molecular formula is C11H26N2. The maximum atomic E-state index is 3.40. The van der Waals surface area contributed by atoms with Crippen molar-refractivity contribution in [2.24, 2.45) is 5.41 Å². The molecule has 0 radical (unpaired) electrons. The molecule has 1 saturated heterocycles. The third-order valence-electron chi connectivity index (χ3n) is 2.97. The van der Waals surface area contributed by atoms with Crippen molar-refractivity contribution in [2.45, 2.75) is 40.0 Å². The van der Waals surface area contributed by atoms with Crippen molar-refractivity contribution < 1.29 is 0 Å². The van der Waals surface area contributed by atoms with Crippen LogP contribution in [0.15, 0.2) is 0 Å². The van der Waals surface area contributed by atoms with Gasteiger partial charge in [-0.25, -0.2) is 0 Å². The Bertz CT molecular complexity index is 101. The summed E-state index contributed by atoms with van der Waals surface area (Å²) in [6, 6.07) is 0. The number of nitrogens with one attached hydrogen (secondary N) is 2. The summed E-state index contributed by atoms with van der Waals surface area (Å²) in [7, 11) is 2.06. The first-order valence-electron chi connectivity index (χ1n) is 5.68. The minimum atomic E-state index is 0.597. The lowest BCUT2D eigenvalue weighted by Gasteiger charge is -2.36. The van der Waals surface area contributed by atoms with Gasteiger partial charge in [0, 0.05) is 6.54 Å². The van der Waals surface area contributed by atoms with Gasteiger partial charge in [0.2, 0.25) is 0 Å². The molecule has 0 aliphatic carbocycles. The maximum absolute atomic E-state index is 3.40. The molecule has 2 nitrogen and oxygen atoms in total. The fourth-order valence-corrected chi connectivity index (χ4v) is 1.99. The van der Waals surface area contributed by atoms with E-state index in [4.69, 9.17) is 0 Å². The second-order valence-corrected chi connectivity index (χ2v) is 3.63. The first-order chi connectivity index (χ1) is 6.33. The molecule has 0 saturated carbocycles. The van der Waals surface area contributed by atoms with E-state index in [2.05, 4.69) is 24.6 Å². The van der Waals surface area contributed by atoms with Gasteiger partial charge in [0.25, 0.3) is 0 Å². The van der Waals surface area contributed by atoms with Gasteiger partial charge in [-0.1, -0.05) is 20.8 Å². The number of hydrogen-bond acceptors (Lipinski definition) is 2. The molecule has 2 N–H and O–H groups in total. The van der Waals surface area contributed by atoms with Gasteiger partial charge >= 0.3 is 0 Å². The van der Waals surface area contributed by atoms with E-state index in [0.717, 1.165) is 0 Å². The van der Waals surface area contributed by atoms with Crippen LogP contribution >= 0.6 is 0 Å². The largest absolute Gasteiger partial charge is 0.319 e. The van der Waals surface area contributed by atoms with Crippen LogP contribution in [0.1, 0.15) is 40.0 Å². The quantitative estimate of drug-likeness (QED) is 0.704. The molecule has 2 heteroatoms. The fourth-order valence-electron chi connectivity index (χ4n) is 1.99. The highest BCUT2D eigenvalue weighted by atomic mass is 14.9. The average Bonchev–Trinajstić information content (AvgIpc) is 2.23. The molecule has 0 aromatic heterocycles. The molecule has 0 aromatic carbocycles. The maximum Gasteiger partial charge on any atom is 0.000565 e. The van der Waals surface area contributed by atoms with Crippen molar-refractivity contribution in [3.63, 3.8) is 0 Å². The molecule has 0 bridgehead atoms. The van der Waals surface area contributed by atoms with Crippen molar-refractivity contribution in [1.82, 2.24) is 10.6 Å². The molecule has 0 atom stereocenters. The van der Waals surface area contributed by atoms with Crippen LogP contribution in [0.4, 0.5) is 0 Å². The van der Waals surface area contributed by atoms with Crippen LogP contribution in [0.5, 0.6) is 0 Å². The molecule has 0 amide bonds. The standard InChI is InChI=1S/C9H20N2.C2H6/c1-3-9(8-10-2)4-6-11-7-5-9;1-2/h10-11H,3-8H2,1-2H3;1-2H3. The molecule has 1 heterocycles. The predicted molar refractivity (Wildman–Crippen MR) is 60.1 cm³/mol. The van der Waals surface area contributed by atoms with Gasteiger partial charge < -0.3 is 10.6 Å². The normalized spacial score (nSPS) is 20.3. The molecule has 1 rings (SSSR count). The van der Waals surface area contributed by atoms with Gasteiger partial charge in [-0.2, -0.15) is 0 Å². The summed E-state index contributed by atoms with van der Waals surface area (Å²) < 4.78 is 0. The highest BCUT2D eigenvalue weighted by molar-refractivity contribution is 4.84. The zero-order chi connectivity index (χ0) is 10.2. The van der Waals surface area contributed by atoms with Crippen molar-refractivity contribution in [1.29, 1.82) is 0 Å². The summed E-state index contributed by atoms with van der Waals surface area (Å²) in [6.07, 6.45) is 3.99. The van der Waals surface area contributed by atoms with Crippen LogP contribution in [-0.2, 0) is 0 Å². The van der Waals surface area contributed by atoms with Gasteiger partial charge in [0.15, 0.2) is 0 Å². The number of piperidine rings is 1. The van der Waals surface area contributed by atoms with Crippen molar-refractivity contribution in [2.75, 3.05) is 26.7 Å². The van der Waals surface area contributed by atoms with Crippen LogP contribution < -0.4 is 10.6 Å².